The number of primary amides is 1. The summed E-state index contributed by atoms with van der Waals surface area (Å²) in [5, 5.41) is 2.70. The number of aryl methyl sites for hydroxylation is 1. The number of carbonyl (C=O) groups excluding carboxylic acids is 3. The van der Waals surface area contributed by atoms with Crippen LogP contribution in [0.4, 0.5) is 5.69 Å². The Kier molecular flexibility index (Phi) is 6.32. The van der Waals surface area contributed by atoms with Gasteiger partial charge in [0.1, 0.15) is 5.75 Å². The third-order valence-corrected chi connectivity index (χ3v) is 3.41. The van der Waals surface area contributed by atoms with Gasteiger partial charge >= 0.3 is 5.97 Å². The fourth-order valence-corrected chi connectivity index (χ4v) is 2.09. The lowest BCUT2D eigenvalue weighted by molar-refractivity contribution is -0.123. The molecule has 0 aliphatic carbocycles. The summed E-state index contributed by atoms with van der Waals surface area (Å²) in [6, 6.07) is 13.3. The molecule has 26 heavy (non-hydrogen) atoms. The van der Waals surface area contributed by atoms with Crippen molar-refractivity contribution in [1.82, 2.24) is 0 Å². The summed E-state index contributed by atoms with van der Waals surface area (Å²) in [5.41, 5.74) is 6.88. The molecule has 2 aromatic carbocycles. The molecule has 2 amide bonds. The van der Waals surface area contributed by atoms with Crippen LogP contribution in [0.25, 0.3) is 0 Å². The van der Waals surface area contributed by atoms with Gasteiger partial charge in [-0.2, -0.15) is 0 Å². The number of rotatable bonds is 7. The van der Waals surface area contributed by atoms with E-state index in [0.29, 0.717) is 11.4 Å². The lowest BCUT2D eigenvalue weighted by Crippen LogP contribution is -2.30. The predicted molar refractivity (Wildman–Crippen MR) is 95.8 cm³/mol. The van der Waals surface area contributed by atoms with Crippen molar-refractivity contribution in [3.05, 3.63) is 59.7 Å². The summed E-state index contributed by atoms with van der Waals surface area (Å²) in [4.78, 5) is 34.9. The Morgan fingerprint density at radius 2 is 1.81 bits per heavy atom. The predicted octanol–water partition coefficient (Wildman–Crippen LogP) is 2.04. The van der Waals surface area contributed by atoms with Crippen LogP contribution in [-0.4, -0.2) is 30.5 Å². The largest absolute Gasteiger partial charge is 0.484 e. The highest BCUT2D eigenvalue weighted by Crippen LogP contribution is 2.14. The van der Waals surface area contributed by atoms with E-state index in [-0.39, 0.29) is 12.2 Å². The quantitative estimate of drug-likeness (QED) is 0.738. The van der Waals surface area contributed by atoms with Crippen molar-refractivity contribution in [2.75, 3.05) is 11.9 Å². The molecule has 0 aliphatic rings. The van der Waals surface area contributed by atoms with Crippen LogP contribution >= 0.6 is 0 Å². The van der Waals surface area contributed by atoms with Crippen LogP contribution in [0, 0.1) is 6.92 Å². The minimum Gasteiger partial charge on any atom is -0.484 e. The molecular weight excluding hydrogens is 336 g/mol. The van der Waals surface area contributed by atoms with Gasteiger partial charge in [0.2, 0.25) is 0 Å². The van der Waals surface area contributed by atoms with Crippen molar-refractivity contribution in [3.63, 3.8) is 0 Å². The SMILES string of the molecule is Cc1cccc(NC(=O)[C@H](C)OC(=O)c2ccc(OCC(N)=O)cc2)c1. The molecule has 0 unspecified atom stereocenters. The molecule has 136 valence electrons. The molecule has 0 bridgehead atoms. The fourth-order valence-electron chi connectivity index (χ4n) is 2.09. The highest BCUT2D eigenvalue weighted by molar-refractivity contribution is 5.97. The van der Waals surface area contributed by atoms with Gasteiger partial charge in [0, 0.05) is 5.69 Å². The van der Waals surface area contributed by atoms with E-state index in [0.717, 1.165) is 5.56 Å². The summed E-state index contributed by atoms with van der Waals surface area (Å²) in [6.07, 6.45) is -0.964. The zero-order chi connectivity index (χ0) is 19.1. The van der Waals surface area contributed by atoms with Crippen LogP contribution in [0.2, 0.25) is 0 Å². The highest BCUT2D eigenvalue weighted by Gasteiger charge is 2.19. The van der Waals surface area contributed by atoms with E-state index < -0.39 is 23.9 Å². The lowest BCUT2D eigenvalue weighted by atomic mass is 10.2. The Hall–Kier alpha value is -3.35. The van der Waals surface area contributed by atoms with Crippen molar-refractivity contribution >= 4 is 23.5 Å². The van der Waals surface area contributed by atoms with Gasteiger partial charge in [0.25, 0.3) is 11.8 Å². The summed E-state index contributed by atoms with van der Waals surface area (Å²) >= 11 is 0. The van der Waals surface area contributed by atoms with Gasteiger partial charge in [-0.3, -0.25) is 9.59 Å². The number of nitrogens with one attached hydrogen (secondary N) is 1. The normalized spacial score (nSPS) is 11.3. The molecule has 1 atom stereocenters. The molecule has 2 aromatic rings. The molecule has 0 radical (unpaired) electrons. The molecule has 7 heteroatoms. The Morgan fingerprint density at radius 3 is 2.42 bits per heavy atom. The molecule has 0 aromatic heterocycles. The fraction of sp³-hybridized carbons (Fsp3) is 0.211. The zero-order valence-electron chi connectivity index (χ0n) is 14.5. The molecular formula is C19H20N2O5. The third kappa shape index (κ3) is 5.62. The van der Waals surface area contributed by atoms with Crippen molar-refractivity contribution in [2.24, 2.45) is 5.73 Å². The van der Waals surface area contributed by atoms with Gasteiger partial charge in [0.05, 0.1) is 5.56 Å². The molecule has 0 saturated carbocycles. The molecule has 2 rings (SSSR count). The smallest absolute Gasteiger partial charge is 0.338 e. The van der Waals surface area contributed by atoms with Gasteiger partial charge in [0.15, 0.2) is 12.7 Å². The summed E-state index contributed by atoms with van der Waals surface area (Å²) in [6.45, 7) is 3.16. The number of benzene rings is 2. The average molecular weight is 356 g/mol. The van der Waals surface area contributed by atoms with Gasteiger partial charge in [-0.1, -0.05) is 12.1 Å². The molecule has 0 saturated heterocycles. The number of esters is 1. The van der Waals surface area contributed by atoms with Crippen LogP contribution in [0.3, 0.4) is 0 Å². The van der Waals surface area contributed by atoms with Crippen molar-refractivity contribution in [2.45, 2.75) is 20.0 Å². The molecule has 7 nitrogen and oxygen atoms in total. The Bertz CT molecular complexity index is 802. The van der Waals surface area contributed by atoms with Crippen molar-refractivity contribution in [1.29, 1.82) is 0 Å². The number of amides is 2. The summed E-state index contributed by atoms with van der Waals surface area (Å²) in [7, 11) is 0. The van der Waals surface area contributed by atoms with Crippen LogP contribution in [-0.2, 0) is 14.3 Å². The maximum absolute atomic E-state index is 12.1. The first-order valence-electron chi connectivity index (χ1n) is 7.95. The second-order valence-corrected chi connectivity index (χ2v) is 5.69. The maximum atomic E-state index is 12.1. The van der Waals surface area contributed by atoms with Gasteiger partial charge in [-0.05, 0) is 55.8 Å². The number of hydrogen-bond acceptors (Lipinski definition) is 5. The molecule has 0 heterocycles. The topological polar surface area (TPSA) is 108 Å². The standard InChI is InChI=1S/C19H20N2O5/c1-12-4-3-5-15(10-12)21-18(23)13(2)26-19(24)14-6-8-16(9-7-14)25-11-17(20)22/h3-10,13H,11H2,1-2H3,(H2,20,22)(H,21,23)/t13-/m0/s1. The second-order valence-electron chi connectivity index (χ2n) is 5.69. The number of carbonyl (C=O) groups is 3. The molecule has 3 N–H and O–H groups in total. The van der Waals surface area contributed by atoms with E-state index in [1.165, 1.54) is 31.2 Å². The minimum atomic E-state index is -0.964. The maximum Gasteiger partial charge on any atom is 0.338 e. The number of ether oxygens (including phenoxy) is 2. The van der Waals surface area contributed by atoms with Crippen LogP contribution in [0.5, 0.6) is 5.75 Å². The van der Waals surface area contributed by atoms with E-state index in [1.54, 1.807) is 6.07 Å². The van der Waals surface area contributed by atoms with E-state index >= 15 is 0 Å². The molecule has 0 fully saturated rings. The van der Waals surface area contributed by atoms with E-state index in [2.05, 4.69) is 5.32 Å². The van der Waals surface area contributed by atoms with Crippen LogP contribution in [0.1, 0.15) is 22.8 Å². The lowest BCUT2D eigenvalue weighted by Gasteiger charge is -2.14. The third-order valence-electron chi connectivity index (χ3n) is 3.41. The van der Waals surface area contributed by atoms with E-state index in [9.17, 15) is 14.4 Å². The number of nitrogens with two attached hydrogens (primary N) is 1. The van der Waals surface area contributed by atoms with Gasteiger partial charge in [-0.15, -0.1) is 0 Å². The van der Waals surface area contributed by atoms with Crippen LogP contribution < -0.4 is 15.8 Å². The van der Waals surface area contributed by atoms with Crippen molar-refractivity contribution in [3.8, 4) is 5.75 Å². The number of hydrogen-bond donors (Lipinski definition) is 2. The second kappa shape index (κ2) is 8.66. The monoisotopic (exact) mass is 356 g/mol. The molecule has 0 aliphatic heterocycles. The first-order chi connectivity index (χ1) is 12.3. The molecule has 0 spiro atoms. The van der Waals surface area contributed by atoms with E-state index in [4.69, 9.17) is 15.2 Å². The highest BCUT2D eigenvalue weighted by atomic mass is 16.5. The zero-order valence-corrected chi connectivity index (χ0v) is 14.5. The Labute approximate surface area is 151 Å². The van der Waals surface area contributed by atoms with Crippen molar-refractivity contribution < 1.29 is 23.9 Å². The number of anilines is 1. The first kappa shape index (κ1) is 19.0. The minimum absolute atomic E-state index is 0.250. The average Bonchev–Trinajstić information content (AvgIpc) is 2.60. The van der Waals surface area contributed by atoms with Gasteiger partial charge < -0.3 is 20.5 Å². The first-order valence-corrected chi connectivity index (χ1v) is 7.95. The Balaban J connectivity index is 1.91. The Morgan fingerprint density at radius 1 is 1.12 bits per heavy atom. The summed E-state index contributed by atoms with van der Waals surface area (Å²) in [5.74, 6) is -1.27. The van der Waals surface area contributed by atoms with E-state index in [1.807, 2.05) is 25.1 Å². The summed E-state index contributed by atoms with van der Waals surface area (Å²) < 4.78 is 10.3. The van der Waals surface area contributed by atoms with Crippen LogP contribution in [0.15, 0.2) is 48.5 Å². The van der Waals surface area contributed by atoms with Gasteiger partial charge in [-0.25, -0.2) is 4.79 Å².